The Morgan fingerprint density at radius 1 is 1.33 bits per heavy atom. The predicted octanol–water partition coefficient (Wildman–Crippen LogP) is 1.56. The fourth-order valence-electron chi connectivity index (χ4n) is 2.56. The third-order valence-corrected chi connectivity index (χ3v) is 5.39. The van der Waals surface area contributed by atoms with Crippen molar-refractivity contribution >= 4 is 15.7 Å². The van der Waals surface area contributed by atoms with E-state index >= 15 is 0 Å². The minimum Gasteiger partial charge on any atom is -0.370 e. The monoisotopic (exact) mass is 311 g/mol. The number of likely N-dealkylation sites (N-methyl/N-ethyl adjacent to an activating group) is 1. The van der Waals surface area contributed by atoms with Crippen LogP contribution in [0.4, 0.5) is 5.69 Å². The molecule has 0 saturated carbocycles. The van der Waals surface area contributed by atoms with Crippen LogP contribution in [0, 0.1) is 0 Å². The van der Waals surface area contributed by atoms with Crippen molar-refractivity contribution in [3.63, 3.8) is 0 Å². The van der Waals surface area contributed by atoms with Crippen LogP contribution in [0.1, 0.15) is 26.2 Å². The summed E-state index contributed by atoms with van der Waals surface area (Å²) < 4.78 is 26.7. The normalized spacial score (nSPS) is 19.4. The molecule has 5 nitrogen and oxygen atoms in total. The highest BCUT2D eigenvalue weighted by molar-refractivity contribution is 7.89. The molecule has 1 unspecified atom stereocenters. The molecule has 118 valence electrons. The largest absolute Gasteiger partial charge is 0.370 e. The SMILES string of the molecule is CCCNS(=O)(=O)c1ccc(N(C)C2CCCNC2)cc1. The topological polar surface area (TPSA) is 61.4 Å². The molecule has 0 aromatic heterocycles. The molecule has 1 atom stereocenters. The Morgan fingerprint density at radius 2 is 2.05 bits per heavy atom. The average molecular weight is 311 g/mol. The second-order valence-electron chi connectivity index (χ2n) is 5.50. The standard InChI is InChI=1S/C15H25N3O2S/c1-3-10-17-21(19,20)15-8-6-13(7-9-15)18(2)14-5-4-11-16-12-14/h6-9,14,16-17H,3-5,10-12H2,1-2H3. The van der Waals surface area contributed by atoms with Gasteiger partial charge in [0.25, 0.3) is 0 Å². The molecule has 1 heterocycles. The summed E-state index contributed by atoms with van der Waals surface area (Å²) in [4.78, 5) is 2.55. The van der Waals surface area contributed by atoms with Crippen molar-refractivity contribution in [3.8, 4) is 0 Å². The first kappa shape index (κ1) is 16.3. The van der Waals surface area contributed by atoms with E-state index < -0.39 is 10.0 Å². The van der Waals surface area contributed by atoms with Crippen molar-refractivity contribution in [1.29, 1.82) is 0 Å². The van der Waals surface area contributed by atoms with Gasteiger partial charge in [0.2, 0.25) is 10.0 Å². The van der Waals surface area contributed by atoms with Gasteiger partial charge in [-0.1, -0.05) is 6.92 Å². The molecule has 0 bridgehead atoms. The number of nitrogens with one attached hydrogen (secondary N) is 2. The molecule has 1 aromatic rings. The summed E-state index contributed by atoms with van der Waals surface area (Å²) in [5.74, 6) is 0. The lowest BCUT2D eigenvalue weighted by molar-refractivity contribution is 0.445. The maximum Gasteiger partial charge on any atom is 0.240 e. The molecule has 2 rings (SSSR count). The molecule has 1 aliphatic rings. The lowest BCUT2D eigenvalue weighted by atomic mass is 10.1. The molecule has 1 aliphatic heterocycles. The van der Waals surface area contributed by atoms with Gasteiger partial charge in [-0.2, -0.15) is 0 Å². The van der Waals surface area contributed by atoms with Crippen LogP contribution in [0.2, 0.25) is 0 Å². The van der Waals surface area contributed by atoms with Crippen LogP contribution >= 0.6 is 0 Å². The van der Waals surface area contributed by atoms with E-state index in [0.29, 0.717) is 17.5 Å². The zero-order valence-corrected chi connectivity index (χ0v) is 13.6. The fourth-order valence-corrected chi connectivity index (χ4v) is 3.69. The lowest BCUT2D eigenvalue weighted by Gasteiger charge is -2.33. The van der Waals surface area contributed by atoms with Gasteiger partial charge in [0.1, 0.15) is 0 Å². The number of nitrogens with zero attached hydrogens (tertiary/aromatic N) is 1. The van der Waals surface area contributed by atoms with E-state index in [1.165, 1.54) is 12.8 Å². The minimum absolute atomic E-state index is 0.329. The van der Waals surface area contributed by atoms with Crippen LogP contribution in [0.15, 0.2) is 29.2 Å². The molecule has 1 fully saturated rings. The van der Waals surface area contributed by atoms with Crippen molar-refractivity contribution in [2.45, 2.75) is 37.1 Å². The summed E-state index contributed by atoms with van der Waals surface area (Å²) in [7, 11) is -1.30. The first-order valence-electron chi connectivity index (χ1n) is 7.58. The van der Waals surface area contributed by atoms with E-state index in [0.717, 1.165) is 25.2 Å². The average Bonchev–Trinajstić information content (AvgIpc) is 2.53. The number of anilines is 1. The molecule has 0 aliphatic carbocycles. The Balaban J connectivity index is 2.07. The fraction of sp³-hybridized carbons (Fsp3) is 0.600. The van der Waals surface area contributed by atoms with Crippen molar-refractivity contribution < 1.29 is 8.42 Å². The van der Waals surface area contributed by atoms with Gasteiger partial charge in [0.15, 0.2) is 0 Å². The quantitative estimate of drug-likeness (QED) is 0.837. The zero-order chi connectivity index (χ0) is 15.3. The molecule has 0 amide bonds. The number of piperidine rings is 1. The number of sulfonamides is 1. The van der Waals surface area contributed by atoms with Crippen LogP contribution in [0.3, 0.4) is 0 Å². The smallest absolute Gasteiger partial charge is 0.240 e. The van der Waals surface area contributed by atoms with Crippen LogP contribution in [0.25, 0.3) is 0 Å². The van der Waals surface area contributed by atoms with Gasteiger partial charge in [-0.25, -0.2) is 13.1 Å². The third kappa shape index (κ3) is 4.18. The second-order valence-corrected chi connectivity index (χ2v) is 7.27. The number of hydrogen-bond acceptors (Lipinski definition) is 4. The van der Waals surface area contributed by atoms with Crippen LogP contribution in [0.5, 0.6) is 0 Å². The van der Waals surface area contributed by atoms with Crippen LogP contribution in [-0.2, 0) is 10.0 Å². The molecule has 0 spiro atoms. The van der Waals surface area contributed by atoms with Crippen molar-refractivity contribution in [3.05, 3.63) is 24.3 Å². The first-order chi connectivity index (χ1) is 10.0. The van der Waals surface area contributed by atoms with E-state index in [1.807, 2.05) is 19.1 Å². The second kappa shape index (κ2) is 7.24. The Hall–Kier alpha value is -1.11. The molecule has 1 saturated heterocycles. The van der Waals surface area contributed by atoms with Crippen molar-refractivity contribution in [2.75, 3.05) is 31.6 Å². The molecule has 0 radical (unpaired) electrons. The van der Waals surface area contributed by atoms with Gasteiger partial charge in [-0.15, -0.1) is 0 Å². The summed E-state index contributed by atoms with van der Waals surface area (Å²) in [5, 5.41) is 3.40. The highest BCUT2D eigenvalue weighted by Gasteiger charge is 2.19. The van der Waals surface area contributed by atoms with Gasteiger partial charge in [0.05, 0.1) is 4.90 Å². The highest BCUT2D eigenvalue weighted by atomic mass is 32.2. The van der Waals surface area contributed by atoms with Crippen molar-refractivity contribution in [2.24, 2.45) is 0 Å². The van der Waals surface area contributed by atoms with Gasteiger partial charge >= 0.3 is 0 Å². The Kier molecular flexibility index (Phi) is 5.61. The predicted molar refractivity (Wildman–Crippen MR) is 86.2 cm³/mol. The zero-order valence-electron chi connectivity index (χ0n) is 12.8. The summed E-state index contributed by atoms with van der Waals surface area (Å²) in [6.07, 6.45) is 3.14. The van der Waals surface area contributed by atoms with E-state index in [9.17, 15) is 8.42 Å². The van der Waals surface area contributed by atoms with Gasteiger partial charge < -0.3 is 10.2 Å². The molecular weight excluding hydrogens is 286 g/mol. The van der Waals surface area contributed by atoms with Gasteiger partial charge in [-0.05, 0) is 50.1 Å². The summed E-state index contributed by atoms with van der Waals surface area (Å²) >= 11 is 0. The molecule has 2 N–H and O–H groups in total. The number of hydrogen-bond donors (Lipinski definition) is 2. The Morgan fingerprint density at radius 3 is 2.62 bits per heavy atom. The first-order valence-corrected chi connectivity index (χ1v) is 9.06. The summed E-state index contributed by atoms with van der Waals surface area (Å²) in [6, 6.07) is 7.60. The Bertz CT molecular complexity index is 537. The Labute approximate surface area is 127 Å². The third-order valence-electron chi connectivity index (χ3n) is 3.91. The minimum atomic E-state index is -3.37. The van der Waals surface area contributed by atoms with Crippen LogP contribution in [-0.4, -0.2) is 41.1 Å². The van der Waals surface area contributed by atoms with Gasteiger partial charge in [0, 0.05) is 31.9 Å². The number of rotatable bonds is 6. The molecule has 1 aromatic carbocycles. The molecular formula is C15H25N3O2S. The maximum atomic E-state index is 12.0. The lowest BCUT2D eigenvalue weighted by Crippen LogP contribution is -2.44. The summed E-state index contributed by atoms with van der Waals surface area (Å²) in [6.45, 7) is 4.48. The molecule has 6 heteroatoms. The van der Waals surface area contributed by atoms with Gasteiger partial charge in [-0.3, -0.25) is 0 Å². The van der Waals surface area contributed by atoms with E-state index in [1.54, 1.807) is 12.1 Å². The van der Waals surface area contributed by atoms with E-state index in [2.05, 4.69) is 22.0 Å². The van der Waals surface area contributed by atoms with E-state index in [-0.39, 0.29) is 0 Å². The maximum absolute atomic E-state index is 12.0. The van der Waals surface area contributed by atoms with Crippen LogP contribution < -0.4 is 14.9 Å². The summed E-state index contributed by atoms with van der Waals surface area (Å²) in [5.41, 5.74) is 1.05. The van der Waals surface area contributed by atoms with E-state index in [4.69, 9.17) is 0 Å². The number of benzene rings is 1. The molecule has 21 heavy (non-hydrogen) atoms. The van der Waals surface area contributed by atoms with Crippen molar-refractivity contribution in [1.82, 2.24) is 10.0 Å². The highest BCUT2D eigenvalue weighted by Crippen LogP contribution is 2.21.